The first-order valence-corrected chi connectivity index (χ1v) is 29.4. The summed E-state index contributed by atoms with van der Waals surface area (Å²) >= 11 is 1.59. The molecule has 3 saturated heterocycles. The second kappa shape index (κ2) is 27.4. The van der Waals surface area contributed by atoms with E-state index in [0.29, 0.717) is 81.4 Å². The lowest BCUT2D eigenvalue weighted by Gasteiger charge is -2.35. The second-order valence-electron chi connectivity index (χ2n) is 22.5. The molecule has 0 bridgehead atoms. The molecule has 3 atom stereocenters. The van der Waals surface area contributed by atoms with Crippen molar-refractivity contribution in [2.24, 2.45) is 11.3 Å². The summed E-state index contributed by atoms with van der Waals surface area (Å²) in [7, 11) is 0. The fourth-order valence-corrected chi connectivity index (χ4v) is 11.5. The van der Waals surface area contributed by atoms with E-state index in [1.807, 2.05) is 82.0 Å². The summed E-state index contributed by atoms with van der Waals surface area (Å²) in [6.45, 7) is 16.6. The van der Waals surface area contributed by atoms with Gasteiger partial charge >= 0.3 is 0 Å². The molecule has 3 aliphatic heterocycles. The summed E-state index contributed by atoms with van der Waals surface area (Å²) in [6, 6.07) is 18.7. The van der Waals surface area contributed by atoms with Crippen molar-refractivity contribution in [2.45, 2.75) is 84.8 Å². The number of nitrogens with zero attached hydrogens (tertiary/aromatic N) is 12. The summed E-state index contributed by atoms with van der Waals surface area (Å²) in [5.41, 5.74) is 7.62. The SMILES string of the molecule is Cc1ncsc1-c1ccc(CNC(=O)C2CC(O)CN2C(=O)C(NCCOCCOCCn2cc(CN3CCN(c4ccc(Nc5cc6c(N7CCC(CO)CC7)nc(Nc7ccc(F)cc7)nc6cn5)nc4)CC3)nn2)C(C)(C)C)cc1. The number of piperidine rings is 1. The number of anilines is 6. The maximum Gasteiger partial charge on any atom is 0.243 e. The number of halogens is 1. The first-order valence-electron chi connectivity index (χ1n) is 28.5. The highest BCUT2D eigenvalue weighted by Crippen LogP contribution is 2.33. The Morgan fingerprint density at radius 2 is 1.61 bits per heavy atom. The van der Waals surface area contributed by atoms with Crippen molar-refractivity contribution in [2.75, 3.05) is 106 Å². The number of amides is 2. The van der Waals surface area contributed by atoms with Gasteiger partial charge in [0.05, 0.1) is 90.5 Å². The maximum atomic E-state index is 14.0. The number of carbonyl (C=O) groups excluding carboxylic acids is 2. The first-order chi connectivity index (χ1) is 40.2. The van der Waals surface area contributed by atoms with Crippen LogP contribution in [0.2, 0.25) is 0 Å². The van der Waals surface area contributed by atoms with Crippen molar-refractivity contribution in [1.82, 2.24) is 60.3 Å². The zero-order valence-corrected chi connectivity index (χ0v) is 48.4. The van der Waals surface area contributed by atoms with Gasteiger partial charge < -0.3 is 55.7 Å². The van der Waals surface area contributed by atoms with E-state index in [-0.39, 0.29) is 43.1 Å². The molecule has 2 amide bonds. The molecule has 5 aromatic heterocycles. The van der Waals surface area contributed by atoms with Crippen molar-refractivity contribution in [3.63, 3.8) is 0 Å². The van der Waals surface area contributed by atoms with Crippen LogP contribution in [0.5, 0.6) is 0 Å². The van der Waals surface area contributed by atoms with Crippen molar-refractivity contribution in [1.29, 1.82) is 0 Å². The molecule has 83 heavy (non-hydrogen) atoms. The molecule has 7 aromatic rings. The fraction of sp³-hybridized carbons (Fsp3) is 0.475. The minimum Gasteiger partial charge on any atom is -0.396 e. The Morgan fingerprint density at radius 3 is 2.33 bits per heavy atom. The molecule has 0 aliphatic carbocycles. The van der Waals surface area contributed by atoms with E-state index >= 15 is 0 Å². The summed E-state index contributed by atoms with van der Waals surface area (Å²) in [6.07, 6.45) is 6.67. The summed E-state index contributed by atoms with van der Waals surface area (Å²) in [5.74, 6) is 1.85. The van der Waals surface area contributed by atoms with Crippen LogP contribution in [0.3, 0.4) is 0 Å². The number of piperazine rings is 1. The lowest BCUT2D eigenvalue weighted by Crippen LogP contribution is -2.57. The van der Waals surface area contributed by atoms with Gasteiger partial charge in [-0.15, -0.1) is 16.4 Å². The highest BCUT2D eigenvalue weighted by atomic mass is 32.1. The minimum atomic E-state index is -0.789. The third kappa shape index (κ3) is 15.5. The number of aromatic nitrogens is 8. The van der Waals surface area contributed by atoms with Crippen LogP contribution < -0.4 is 31.1 Å². The Labute approximate surface area is 486 Å². The third-order valence-corrected chi connectivity index (χ3v) is 16.4. The van der Waals surface area contributed by atoms with Crippen molar-refractivity contribution in [3.05, 3.63) is 114 Å². The van der Waals surface area contributed by atoms with Gasteiger partial charge in [-0.2, -0.15) is 4.98 Å². The van der Waals surface area contributed by atoms with Gasteiger partial charge in [0.25, 0.3) is 0 Å². The van der Waals surface area contributed by atoms with Gasteiger partial charge in [0.15, 0.2) is 0 Å². The lowest BCUT2D eigenvalue weighted by atomic mass is 9.85. The van der Waals surface area contributed by atoms with Crippen molar-refractivity contribution >= 4 is 68.8 Å². The maximum absolute atomic E-state index is 14.0. The number of hydrogen-bond donors (Lipinski definition) is 6. The van der Waals surface area contributed by atoms with Crippen LogP contribution in [0, 0.1) is 24.1 Å². The van der Waals surface area contributed by atoms with E-state index in [9.17, 15) is 24.2 Å². The number of β-amino-alcohol motifs (C(OH)–C–C–N with tert-alkyl or cyclic N) is 1. The number of nitrogens with one attached hydrogen (secondary N) is 4. The molecule has 2 aromatic carbocycles. The minimum absolute atomic E-state index is 0.0944. The van der Waals surface area contributed by atoms with E-state index in [1.54, 1.807) is 34.3 Å². The second-order valence-corrected chi connectivity index (χ2v) is 23.4. The van der Waals surface area contributed by atoms with Gasteiger partial charge in [-0.25, -0.2) is 29.0 Å². The molecule has 10 rings (SSSR count). The Hall–Kier alpha value is -7.32. The zero-order chi connectivity index (χ0) is 57.9. The Morgan fingerprint density at radius 1 is 0.855 bits per heavy atom. The number of aliphatic hydroxyl groups is 2. The zero-order valence-electron chi connectivity index (χ0n) is 47.6. The van der Waals surface area contributed by atoms with Crippen LogP contribution in [0.1, 0.15) is 57.0 Å². The first kappa shape index (κ1) is 58.9. The molecule has 22 nitrogen and oxygen atoms in total. The molecule has 8 heterocycles. The van der Waals surface area contributed by atoms with E-state index in [0.717, 1.165) is 96.4 Å². The highest BCUT2D eigenvalue weighted by molar-refractivity contribution is 7.13. The molecule has 3 fully saturated rings. The molecule has 0 radical (unpaired) electrons. The number of pyridine rings is 2. The Bertz CT molecular complexity index is 3240. The molecule has 6 N–H and O–H groups in total. The number of hydrogen-bond acceptors (Lipinski definition) is 20. The Balaban J connectivity index is 0.615. The summed E-state index contributed by atoms with van der Waals surface area (Å²) in [4.78, 5) is 60.5. The monoisotopic (exact) mass is 1150 g/mol. The molecule has 24 heteroatoms. The molecule has 3 unspecified atom stereocenters. The summed E-state index contributed by atoms with van der Waals surface area (Å²) in [5, 5.41) is 42.9. The largest absolute Gasteiger partial charge is 0.396 e. The van der Waals surface area contributed by atoms with E-state index in [1.165, 1.54) is 17.0 Å². The molecular formula is C59H75FN16O6S. The number of fused-ring (bicyclic) bond motifs is 1. The van der Waals surface area contributed by atoms with Crippen molar-refractivity contribution in [3.8, 4) is 10.4 Å². The van der Waals surface area contributed by atoms with Crippen LogP contribution in [0.4, 0.5) is 39.2 Å². The Kier molecular flexibility index (Phi) is 19.4. The summed E-state index contributed by atoms with van der Waals surface area (Å²) < 4.78 is 27.1. The molecule has 440 valence electrons. The number of carbonyl (C=O) groups is 2. The van der Waals surface area contributed by atoms with Crippen LogP contribution in [-0.2, 0) is 38.7 Å². The van der Waals surface area contributed by atoms with Crippen LogP contribution in [-0.4, -0.2) is 175 Å². The van der Waals surface area contributed by atoms with Gasteiger partial charge in [0.1, 0.15) is 29.3 Å². The van der Waals surface area contributed by atoms with Gasteiger partial charge in [-0.1, -0.05) is 50.3 Å². The normalized spacial score (nSPS) is 17.6. The van der Waals surface area contributed by atoms with Crippen LogP contribution >= 0.6 is 11.3 Å². The highest BCUT2D eigenvalue weighted by Gasteiger charge is 2.44. The smallest absolute Gasteiger partial charge is 0.243 e. The average Bonchev–Trinajstić information content (AvgIpc) is 4.34. The van der Waals surface area contributed by atoms with Crippen LogP contribution in [0.15, 0.2) is 90.8 Å². The predicted octanol–water partition coefficient (Wildman–Crippen LogP) is 5.92. The number of ether oxygens (including phenoxy) is 2. The van der Waals surface area contributed by atoms with Crippen LogP contribution in [0.25, 0.3) is 21.3 Å². The molecule has 0 saturated carbocycles. The van der Waals surface area contributed by atoms with E-state index in [2.05, 4.69) is 62.3 Å². The fourth-order valence-electron chi connectivity index (χ4n) is 10.7. The van der Waals surface area contributed by atoms with E-state index < -0.39 is 23.6 Å². The lowest BCUT2D eigenvalue weighted by molar-refractivity contribution is -0.142. The number of benzene rings is 2. The molecular weight excluding hydrogens is 1080 g/mol. The topological polar surface area (TPSA) is 249 Å². The number of thiazole rings is 1. The van der Waals surface area contributed by atoms with E-state index in [4.69, 9.17) is 24.4 Å². The van der Waals surface area contributed by atoms with Gasteiger partial charge in [0.2, 0.25) is 17.8 Å². The molecule has 3 aliphatic rings. The number of aryl methyl sites for hydroxylation is 1. The third-order valence-electron chi connectivity index (χ3n) is 15.4. The standard InChI is InChI=1S/C59H75FN16O6S/c1-39-53(83-38-65-39)42-7-5-40(6-8-42)31-64-56(79)50-29-47(78)36-76(50)57(80)54(59(2,3)4)61-17-25-81-27-28-82-26-24-75-35-45(70-71-75)34-72-20-22-73(23-21-72)46-13-14-51(62-32-46)68-52-30-48-49(33-63-52)67-58(66-44-11-9-43(60)10-12-44)69-55(48)74-18-15-41(37-77)16-19-74/h5-14,30,32-33,35,38,41,47,50,54,61,77-78H,15-29,31,34,36-37H2,1-4H3,(H,64,79)(H,62,63,68)(H,66,67,69). The van der Waals surface area contributed by atoms with Gasteiger partial charge in [0, 0.05) is 95.7 Å². The number of aliphatic hydroxyl groups excluding tert-OH is 2. The van der Waals surface area contributed by atoms with Gasteiger partial charge in [-0.05, 0) is 84.7 Å². The van der Waals surface area contributed by atoms with Crippen molar-refractivity contribution < 1.29 is 33.7 Å². The quantitative estimate of drug-likeness (QED) is 0.0385. The molecule has 0 spiro atoms. The van der Waals surface area contributed by atoms with Gasteiger partial charge in [-0.3, -0.25) is 14.5 Å². The number of likely N-dealkylation sites (tertiary alicyclic amines) is 1. The number of rotatable bonds is 24. The average molecular weight is 1160 g/mol. The predicted molar refractivity (Wildman–Crippen MR) is 317 cm³/mol.